The highest BCUT2D eigenvalue weighted by Gasteiger charge is 1.87. The Hall–Kier alpha value is -0.280. The molecule has 0 aliphatic heterocycles. The first-order valence-corrected chi connectivity index (χ1v) is 8.25. The van der Waals surface area contributed by atoms with Crippen molar-refractivity contribution in [2.45, 2.75) is 25.7 Å². The van der Waals surface area contributed by atoms with Gasteiger partial charge in [-0.25, -0.2) is 0 Å². The van der Waals surface area contributed by atoms with E-state index in [1.54, 1.807) is 0 Å². The lowest BCUT2D eigenvalue weighted by molar-refractivity contribution is 0.586. The van der Waals surface area contributed by atoms with Gasteiger partial charge in [-0.15, -0.1) is 0 Å². The van der Waals surface area contributed by atoms with Crippen LogP contribution < -0.4 is 38.9 Å². The van der Waals surface area contributed by atoms with Gasteiger partial charge in [-0.3, -0.25) is 0 Å². The molecule has 0 unspecified atom stereocenters. The average molecular weight is 306 g/mol. The van der Waals surface area contributed by atoms with E-state index in [-0.39, 0.29) is 0 Å². The monoisotopic (exact) mass is 305 g/mol. The van der Waals surface area contributed by atoms with E-state index < -0.39 is 0 Å². The number of nitrogens with one attached hydrogen (secondary N) is 3. The molecule has 130 valence electrons. The largest absolute Gasteiger partial charge is 0.330 e. The Labute approximate surface area is 130 Å². The summed E-state index contributed by atoms with van der Waals surface area (Å²) in [6.45, 7) is 8.79. The van der Waals surface area contributed by atoms with Gasteiger partial charge in [-0.05, 0) is 25.9 Å². The Morgan fingerprint density at radius 2 is 0.714 bits per heavy atom. The molecule has 0 amide bonds. The second-order valence-corrected chi connectivity index (χ2v) is 4.82. The lowest BCUT2D eigenvalue weighted by Crippen LogP contribution is -2.35. The predicted octanol–water partition coefficient (Wildman–Crippen LogP) is -1.86. The third-order valence-electron chi connectivity index (χ3n) is 2.76. The molecule has 0 atom stereocenters. The van der Waals surface area contributed by atoms with Crippen molar-refractivity contribution in [2.75, 3.05) is 65.4 Å². The molecular weight excluding hydrogens is 266 g/mol. The van der Waals surface area contributed by atoms with Crippen molar-refractivity contribution in [3.8, 4) is 0 Å². The summed E-state index contributed by atoms with van der Waals surface area (Å²) in [5.74, 6) is 0. The van der Waals surface area contributed by atoms with Gasteiger partial charge >= 0.3 is 0 Å². The highest BCUT2D eigenvalue weighted by molar-refractivity contribution is 4.54. The molecule has 0 aliphatic carbocycles. The van der Waals surface area contributed by atoms with Gasteiger partial charge in [0.05, 0.1) is 0 Å². The van der Waals surface area contributed by atoms with E-state index in [0.29, 0.717) is 13.1 Å². The van der Waals surface area contributed by atoms with Crippen molar-refractivity contribution in [1.29, 1.82) is 0 Å². The molecule has 7 nitrogen and oxygen atoms in total. The molecule has 11 N–H and O–H groups in total. The zero-order chi connectivity index (χ0) is 16.0. The molecule has 0 aromatic rings. The number of hydrogen-bond donors (Lipinski definition) is 7. The van der Waals surface area contributed by atoms with Crippen LogP contribution >= 0.6 is 0 Å². The third-order valence-corrected chi connectivity index (χ3v) is 2.76. The first kappa shape index (κ1) is 23.0. The lowest BCUT2D eigenvalue weighted by Gasteiger charge is -2.06. The Morgan fingerprint density at radius 3 is 1.00 bits per heavy atom. The maximum Gasteiger partial charge on any atom is 0.00772 e. The van der Waals surface area contributed by atoms with Gasteiger partial charge in [0.25, 0.3) is 0 Å². The first-order chi connectivity index (χ1) is 10.3. The van der Waals surface area contributed by atoms with E-state index in [0.717, 1.165) is 65.2 Å². The van der Waals surface area contributed by atoms with Crippen LogP contribution in [0.2, 0.25) is 0 Å². The van der Waals surface area contributed by atoms with Crippen LogP contribution in [0.25, 0.3) is 0 Å². The second kappa shape index (κ2) is 24.7. The Kier molecular flexibility index (Phi) is 27.1. The van der Waals surface area contributed by atoms with Crippen molar-refractivity contribution < 1.29 is 0 Å². The summed E-state index contributed by atoms with van der Waals surface area (Å²) in [5.41, 5.74) is 21.2. The molecule has 0 spiro atoms. The van der Waals surface area contributed by atoms with Gasteiger partial charge in [0.15, 0.2) is 0 Å². The topological polar surface area (TPSA) is 140 Å². The molecule has 0 saturated heterocycles. The van der Waals surface area contributed by atoms with E-state index in [9.17, 15) is 0 Å². The molecule has 7 heteroatoms. The van der Waals surface area contributed by atoms with E-state index >= 15 is 0 Å². The molecule has 0 aliphatic rings. The number of rotatable bonds is 15. The van der Waals surface area contributed by atoms with Gasteiger partial charge in [0.2, 0.25) is 0 Å². The average Bonchev–Trinajstić information content (AvgIpc) is 2.51. The summed E-state index contributed by atoms with van der Waals surface area (Å²) in [6.07, 6.45) is 4.79. The first-order valence-electron chi connectivity index (χ1n) is 8.25. The second-order valence-electron chi connectivity index (χ2n) is 4.82. The minimum absolute atomic E-state index is 0.706. The quantitative estimate of drug-likeness (QED) is 0.176. The number of nitrogens with two attached hydrogens (primary N) is 4. The van der Waals surface area contributed by atoms with Crippen LogP contribution in [0.3, 0.4) is 0 Å². The molecule has 0 fully saturated rings. The van der Waals surface area contributed by atoms with Crippen molar-refractivity contribution in [2.24, 2.45) is 22.9 Å². The highest BCUT2D eigenvalue weighted by atomic mass is 15.0. The number of unbranched alkanes of at least 4 members (excludes halogenated alkanes) is 3. The van der Waals surface area contributed by atoms with Crippen molar-refractivity contribution in [3.63, 3.8) is 0 Å². The minimum atomic E-state index is 0.706. The van der Waals surface area contributed by atoms with E-state index in [1.165, 1.54) is 12.8 Å². The van der Waals surface area contributed by atoms with Gasteiger partial charge < -0.3 is 38.9 Å². The SMILES string of the molecule is NCCCCCCN.NCCNCCNCCNCCN. The lowest BCUT2D eigenvalue weighted by atomic mass is 10.2. The molecule has 0 bridgehead atoms. The third kappa shape index (κ3) is 28.6. The van der Waals surface area contributed by atoms with Crippen molar-refractivity contribution in [1.82, 2.24) is 16.0 Å². The van der Waals surface area contributed by atoms with Crippen LogP contribution in [0, 0.1) is 0 Å². The van der Waals surface area contributed by atoms with Crippen LogP contribution in [0.5, 0.6) is 0 Å². The fourth-order valence-electron chi connectivity index (χ4n) is 1.57. The molecule has 0 saturated carbocycles. The molecule has 0 radical (unpaired) electrons. The maximum atomic E-state index is 5.32. The Balaban J connectivity index is 0. The molecule has 0 aromatic carbocycles. The van der Waals surface area contributed by atoms with Gasteiger partial charge in [-0.1, -0.05) is 12.8 Å². The fourth-order valence-corrected chi connectivity index (χ4v) is 1.57. The Bertz CT molecular complexity index is 142. The standard InChI is InChI=1S/C8H23N5.C6H16N2/c9-1-3-11-5-7-13-8-6-12-4-2-10;7-5-3-1-2-4-6-8/h11-13H,1-10H2;1-8H2. The summed E-state index contributed by atoms with van der Waals surface area (Å²) < 4.78 is 0. The van der Waals surface area contributed by atoms with Crippen molar-refractivity contribution in [3.05, 3.63) is 0 Å². The minimum Gasteiger partial charge on any atom is -0.330 e. The van der Waals surface area contributed by atoms with Crippen molar-refractivity contribution >= 4 is 0 Å². The van der Waals surface area contributed by atoms with Crippen LogP contribution in [0.1, 0.15) is 25.7 Å². The van der Waals surface area contributed by atoms with Crippen LogP contribution in [-0.2, 0) is 0 Å². The highest BCUT2D eigenvalue weighted by Crippen LogP contribution is 1.95. The van der Waals surface area contributed by atoms with Crippen LogP contribution in [0.4, 0.5) is 0 Å². The predicted molar refractivity (Wildman–Crippen MR) is 93.3 cm³/mol. The normalized spacial score (nSPS) is 10.3. The van der Waals surface area contributed by atoms with Gasteiger partial charge in [-0.2, -0.15) is 0 Å². The molecular formula is C14H39N7. The molecule has 21 heavy (non-hydrogen) atoms. The molecule has 0 aromatic heterocycles. The maximum absolute atomic E-state index is 5.32. The smallest absolute Gasteiger partial charge is 0.00772 e. The summed E-state index contributed by atoms with van der Waals surface area (Å²) in [4.78, 5) is 0. The molecule has 0 rings (SSSR count). The summed E-state index contributed by atoms with van der Waals surface area (Å²) in [5, 5.41) is 9.71. The van der Waals surface area contributed by atoms with Gasteiger partial charge in [0.1, 0.15) is 0 Å². The number of hydrogen-bond acceptors (Lipinski definition) is 7. The summed E-state index contributed by atoms with van der Waals surface area (Å²) in [7, 11) is 0. The molecule has 0 heterocycles. The fraction of sp³-hybridized carbons (Fsp3) is 1.00. The van der Waals surface area contributed by atoms with Crippen LogP contribution in [-0.4, -0.2) is 65.4 Å². The van der Waals surface area contributed by atoms with E-state index in [4.69, 9.17) is 22.9 Å². The zero-order valence-corrected chi connectivity index (χ0v) is 13.7. The van der Waals surface area contributed by atoms with Gasteiger partial charge in [0, 0.05) is 52.4 Å². The zero-order valence-electron chi connectivity index (χ0n) is 13.7. The van der Waals surface area contributed by atoms with Crippen LogP contribution in [0.15, 0.2) is 0 Å². The van der Waals surface area contributed by atoms with E-state index in [1.807, 2.05) is 0 Å². The van der Waals surface area contributed by atoms with E-state index in [2.05, 4.69) is 16.0 Å². The Morgan fingerprint density at radius 1 is 0.381 bits per heavy atom. The summed E-state index contributed by atoms with van der Waals surface area (Å²) >= 11 is 0. The summed E-state index contributed by atoms with van der Waals surface area (Å²) in [6, 6.07) is 0.